The normalized spacial score (nSPS) is 13.3. The zero-order chi connectivity index (χ0) is 12.3. The third-order valence-electron chi connectivity index (χ3n) is 1.75. The van der Waals surface area contributed by atoms with Gasteiger partial charge in [-0.2, -0.15) is 0 Å². The SMILES string of the molecule is C=CC(O)c1ccc(OC(F)(F)F)cc1Cl. The van der Waals surface area contributed by atoms with Crippen LogP contribution >= 0.6 is 11.6 Å². The van der Waals surface area contributed by atoms with Gasteiger partial charge in [0.25, 0.3) is 0 Å². The third-order valence-corrected chi connectivity index (χ3v) is 2.07. The van der Waals surface area contributed by atoms with E-state index in [4.69, 9.17) is 11.6 Å². The zero-order valence-electron chi connectivity index (χ0n) is 7.96. The summed E-state index contributed by atoms with van der Waals surface area (Å²) in [5.41, 5.74) is 0.270. The average molecular weight is 253 g/mol. The Kier molecular flexibility index (Phi) is 3.83. The molecule has 0 saturated heterocycles. The molecule has 0 amide bonds. The van der Waals surface area contributed by atoms with Crippen LogP contribution in [0.15, 0.2) is 30.9 Å². The summed E-state index contributed by atoms with van der Waals surface area (Å²) in [5.74, 6) is -0.433. The summed E-state index contributed by atoms with van der Waals surface area (Å²) in [5, 5.41) is 9.35. The lowest BCUT2D eigenvalue weighted by atomic mass is 10.1. The fourth-order valence-corrected chi connectivity index (χ4v) is 1.35. The Labute approximate surface area is 94.9 Å². The molecule has 6 heteroatoms. The second-order valence-electron chi connectivity index (χ2n) is 2.91. The van der Waals surface area contributed by atoms with Crippen molar-refractivity contribution in [2.45, 2.75) is 12.5 Å². The first-order valence-electron chi connectivity index (χ1n) is 4.19. The minimum Gasteiger partial charge on any atom is -0.406 e. The molecule has 0 radical (unpaired) electrons. The predicted octanol–water partition coefficient (Wildman–Crippen LogP) is 3.46. The molecular formula is C10H8ClF3O2. The highest BCUT2D eigenvalue weighted by molar-refractivity contribution is 6.31. The molecule has 1 aromatic carbocycles. The first kappa shape index (κ1) is 12.9. The van der Waals surface area contributed by atoms with E-state index in [0.717, 1.165) is 12.1 Å². The van der Waals surface area contributed by atoms with Crippen molar-refractivity contribution in [1.29, 1.82) is 0 Å². The molecule has 0 aromatic heterocycles. The quantitative estimate of drug-likeness (QED) is 0.835. The molecule has 0 aliphatic carbocycles. The lowest BCUT2D eigenvalue weighted by Gasteiger charge is -2.12. The van der Waals surface area contributed by atoms with Gasteiger partial charge in [0, 0.05) is 5.56 Å². The lowest BCUT2D eigenvalue weighted by molar-refractivity contribution is -0.274. The van der Waals surface area contributed by atoms with E-state index < -0.39 is 18.2 Å². The van der Waals surface area contributed by atoms with Crippen LogP contribution in [0.4, 0.5) is 13.2 Å². The maximum atomic E-state index is 11.9. The molecule has 16 heavy (non-hydrogen) atoms. The smallest absolute Gasteiger partial charge is 0.406 e. The molecule has 0 aliphatic heterocycles. The van der Waals surface area contributed by atoms with Gasteiger partial charge >= 0.3 is 6.36 Å². The highest BCUT2D eigenvalue weighted by atomic mass is 35.5. The van der Waals surface area contributed by atoms with Crippen molar-refractivity contribution in [3.63, 3.8) is 0 Å². The number of aliphatic hydroxyl groups is 1. The number of rotatable bonds is 3. The van der Waals surface area contributed by atoms with E-state index in [1.165, 1.54) is 12.1 Å². The summed E-state index contributed by atoms with van der Waals surface area (Å²) < 4.78 is 39.3. The van der Waals surface area contributed by atoms with Crippen molar-refractivity contribution >= 4 is 11.6 Å². The predicted molar refractivity (Wildman–Crippen MR) is 53.3 cm³/mol. The summed E-state index contributed by atoms with van der Waals surface area (Å²) in [6.45, 7) is 3.34. The summed E-state index contributed by atoms with van der Waals surface area (Å²) in [7, 11) is 0. The van der Waals surface area contributed by atoms with Gasteiger partial charge in [-0.3, -0.25) is 0 Å². The van der Waals surface area contributed by atoms with Gasteiger partial charge in [0.2, 0.25) is 0 Å². The summed E-state index contributed by atoms with van der Waals surface area (Å²) in [6, 6.07) is 3.30. The number of benzene rings is 1. The Hall–Kier alpha value is -1.20. The minimum atomic E-state index is -4.76. The standard InChI is InChI=1S/C10H8ClF3O2/c1-2-9(15)7-4-3-6(5-8(7)11)16-10(12,13)14/h2-5,9,15H,1H2. The van der Waals surface area contributed by atoms with E-state index in [1.807, 2.05) is 0 Å². The van der Waals surface area contributed by atoms with E-state index >= 15 is 0 Å². The molecule has 0 heterocycles. The Morgan fingerprint density at radius 3 is 2.50 bits per heavy atom. The maximum Gasteiger partial charge on any atom is 0.573 e. The molecule has 0 bridgehead atoms. The Morgan fingerprint density at radius 1 is 1.44 bits per heavy atom. The summed E-state index contributed by atoms with van der Waals surface area (Å²) in [4.78, 5) is 0. The van der Waals surface area contributed by atoms with E-state index in [2.05, 4.69) is 11.3 Å². The molecule has 1 atom stereocenters. The minimum absolute atomic E-state index is 0.0193. The zero-order valence-corrected chi connectivity index (χ0v) is 8.72. The highest BCUT2D eigenvalue weighted by Gasteiger charge is 2.31. The van der Waals surface area contributed by atoms with Gasteiger partial charge in [0.05, 0.1) is 11.1 Å². The Morgan fingerprint density at radius 2 is 2.06 bits per heavy atom. The highest BCUT2D eigenvalue weighted by Crippen LogP contribution is 2.30. The van der Waals surface area contributed by atoms with E-state index in [-0.39, 0.29) is 10.6 Å². The van der Waals surface area contributed by atoms with Crippen LogP contribution in [0.5, 0.6) is 5.75 Å². The number of ether oxygens (including phenoxy) is 1. The molecule has 0 aliphatic rings. The lowest BCUT2D eigenvalue weighted by Crippen LogP contribution is -2.17. The van der Waals surface area contributed by atoms with Crippen molar-refractivity contribution in [3.8, 4) is 5.75 Å². The van der Waals surface area contributed by atoms with Crippen LogP contribution in [-0.2, 0) is 0 Å². The van der Waals surface area contributed by atoms with Crippen molar-refractivity contribution in [1.82, 2.24) is 0 Å². The van der Waals surface area contributed by atoms with Crippen LogP contribution in [0, 0.1) is 0 Å². The van der Waals surface area contributed by atoms with Crippen molar-refractivity contribution in [3.05, 3.63) is 41.4 Å². The molecule has 1 unspecified atom stereocenters. The van der Waals surface area contributed by atoms with Crippen molar-refractivity contribution in [2.24, 2.45) is 0 Å². The van der Waals surface area contributed by atoms with Crippen molar-refractivity contribution in [2.75, 3.05) is 0 Å². The van der Waals surface area contributed by atoms with Crippen LogP contribution < -0.4 is 4.74 Å². The second kappa shape index (κ2) is 4.76. The van der Waals surface area contributed by atoms with Gasteiger partial charge in [-0.05, 0) is 12.1 Å². The molecule has 2 nitrogen and oxygen atoms in total. The number of alkyl halides is 3. The number of hydrogen-bond acceptors (Lipinski definition) is 2. The molecule has 0 saturated carbocycles. The van der Waals surface area contributed by atoms with Gasteiger partial charge in [0.15, 0.2) is 0 Å². The first-order chi connectivity index (χ1) is 7.33. The topological polar surface area (TPSA) is 29.5 Å². The van der Waals surface area contributed by atoms with Gasteiger partial charge in [-0.15, -0.1) is 19.8 Å². The summed E-state index contributed by atoms with van der Waals surface area (Å²) in [6.07, 6.45) is -4.57. The summed E-state index contributed by atoms with van der Waals surface area (Å²) >= 11 is 5.68. The monoisotopic (exact) mass is 252 g/mol. The third kappa shape index (κ3) is 3.43. The average Bonchev–Trinajstić information content (AvgIpc) is 2.14. The van der Waals surface area contributed by atoms with Gasteiger partial charge in [-0.1, -0.05) is 23.7 Å². The van der Waals surface area contributed by atoms with E-state index in [1.54, 1.807) is 0 Å². The fourth-order valence-electron chi connectivity index (χ4n) is 1.07. The molecular weight excluding hydrogens is 245 g/mol. The molecule has 0 spiro atoms. The van der Waals surface area contributed by atoms with Gasteiger partial charge < -0.3 is 9.84 Å². The number of hydrogen-bond donors (Lipinski definition) is 1. The van der Waals surface area contributed by atoms with Crippen LogP contribution in [0.3, 0.4) is 0 Å². The van der Waals surface area contributed by atoms with Crippen LogP contribution in [0.1, 0.15) is 11.7 Å². The molecule has 88 valence electrons. The van der Waals surface area contributed by atoms with Crippen LogP contribution in [0.25, 0.3) is 0 Å². The fraction of sp³-hybridized carbons (Fsp3) is 0.200. The van der Waals surface area contributed by atoms with Crippen molar-refractivity contribution < 1.29 is 23.0 Å². The molecule has 1 aromatic rings. The van der Waals surface area contributed by atoms with E-state index in [0.29, 0.717) is 0 Å². The Bertz CT molecular complexity index is 390. The second-order valence-corrected chi connectivity index (χ2v) is 3.32. The Balaban J connectivity index is 2.95. The maximum absolute atomic E-state index is 11.9. The van der Waals surface area contributed by atoms with Gasteiger partial charge in [-0.25, -0.2) is 0 Å². The van der Waals surface area contributed by atoms with Crippen LogP contribution in [-0.4, -0.2) is 11.5 Å². The molecule has 0 fully saturated rings. The number of aliphatic hydroxyl groups excluding tert-OH is 1. The number of halogens is 4. The van der Waals surface area contributed by atoms with Crippen LogP contribution in [0.2, 0.25) is 5.02 Å². The molecule has 1 rings (SSSR count). The molecule has 1 N–H and O–H groups in total. The van der Waals surface area contributed by atoms with E-state index in [9.17, 15) is 18.3 Å². The first-order valence-corrected chi connectivity index (χ1v) is 4.57. The van der Waals surface area contributed by atoms with Gasteiger partial charge in [0.1, 0.15) is 5.75 Å². The largest absolute Gasteiger partial charge is 0.573 e.